The Labute approximate surface area is 116 Å². The van der Waals surface area contributed by atoms with Gasteiger partial charge in [0.25, 0.3) is 0 Å². The molecule has 0 saturated carbocycles. The molecule has 0 radical (unpaired) electrons. The van der Waals surface area contributed by atoms with E-state index in [9.17, 15) is 4.79 Å². The number of aldehydes is 1. The molecule has 2 aromatic carbocycles. The first kappa shape index (κ1) is 13.1. The second-order valence-corrected chi connectivity index (χ2v) is 5.11. The van der Waals surface area contributed by atoms with Crippen molar-refractivity contribution in [3.63, 3.8) is 0 Å². The summed E-state index contributed by atoms with van der Waals surface area (Å²) in [6.45, 7) is 4.03. The first-order valence-electron chi connectivity index (χ1n) is 5.55. The van der Waals surface area contributed by atoms with Crippen molar-refractivity contribution >= 4 is 29.5 Å². The highest BCUT2D eigenvalue weighted by molar-refractivity contribution is 6.34. The molecule has 2 aromatic rings. The highest BCUT2D eigenvalue weighted by atomic mass is 35.5. The van der Waals surface area contributed by atoms with E-state index in [4.69, 9.17) is 23.2 Å². The van der Waals surface area contributed by atoms with Crippen LogP contribution >= 0.6 is 23.2 Å². The zero-order chi connectivity index (χ0) is 13.3. The zero-order valence-electron chi connectivity index (χ0n) is 10.1. The maximum atomic E-state index is 11.1. The van der Waals surface area contributed by atoms with Crippen LogP contribution in [0.25, 0.3) is 11.1 Å². The molecule has 0 amide bonds. The van der Waals surface area contributed by atoms with Crippen LogP contribution in [-0.4, -0.2) is 6.29 Å². The lowest BCUT2D eigenvalue weighted by Crippen LogP contribution is -1.91. The molecule has 0 aliphatic heterocycles. The fourth-order valence-corrected chi connectivity index (χ4v) is 2.36. The van der Waals surface area contributed by atoms with E-state index in [1.807, 2.05) is 32.0 Å². The smallest absolute Gasteiger partial charge is 0.150 e. The minimum Gasteiger partial charge on any atom is -0.298 e. The van der Waals surface area contributed by atoms with Gasteiger partial charge in [-0.2, -0.15) is 0 Å². The Bertz CT molecular complexity index is 618. The normalized spacial score (nSPS) is 10.4. The average Bonchev–Trinajstić information content (AvgIpc) is 2.34. The summed E-state index contributed by atoms with van der Waals surface area (Å²) in [7, 11) is 0. The van der Waals surface area contributed by atoms with E-state index in [0.29, 0.717) is 15.6 Å². The van der Waals surface area contributed by atoms with Gasteiger partial charge in [-0.15, -0.1) is 0 Å². The maximum Gasteiger partial charge on any atom is 0.150 e. The fourth-order valence-electron chi connectivity index (χ4n) is 1.86. The largest absolute Gasteiger partial charge is 0.298 e. The Morgan fingerprint density at radius 1 is 0.944 bits per heavy atom. The number of halogens is 2. The topological polar surface area (TPSA) is 17.1 Å². The van der Waals surface area contributed by atoms with Gasteiger partial charge in [0.2, 0.25) is 0 Å². The number of hydrogen-bond donors (Lipinski definition) is 0. The van der Waals surface area contributed by atoms with Gasteiger partial charge >= 0.3 is 0 Å². The summed E-state index contributed by atoms with van der Waals surface area (Å²) in [5.74, 6) is 0. The molecule has 18 heavy (non-hydrogen) atoms. The van der Waals surface area contributed by atoms with Gasteiger partial charge in [0.15, 0.2) is 6.29 Å². The van der Waals surface area contributed by atoms with Gasteiger partial charge in [0, 0.05) is 21.2 Å². The Morgan fingerprint density at radius 2 is 1.61 bits per heavy atom. The number of rotatable bonds is 2. The molecule has 0 saturated heterocycles. The van der Waals surface area contributed by atoms with Crippen molar-refractivity contribution in [3.05, 3.63) is 57.1 Å². The van der Waals surface area contributed by atoms with Gasteiger partial charge < -0.3 is 0 Å². The fraction of sp³-hybridized carbons (Fsp3) is 0.133. The van der Waals surface area contributed by atoms with Crippen molar-refractivity contribution in [2.75, 3.05) is 0 Å². The molecule has 3 heteroatoms. The van der Waals surface area contributed by atoms with Gasteiger partial charge in [-0.1, -0.05) is 29.3 Å². The Morgan fingerprint density at radius 3 is 2.28 bits per heavy atom. The van der Waals surface area contributed by atoms with Gasteiger partial charge in [-0.05, 0) is 54.8 Å². The van der Waals surface area contributed by atoms with Crippen molar-refractivity contribution in [2.45, 2.75) is 13.8 Å². The third-order valence-electron chi connectivity index (χ3n) is 3.01. The predicted molar refractivity (Wildman–Crippen MR) is 76.8 cm³/mol. The molecule has 0 spiro atoms. The van der Waals surface area contributed by atoms with Gasteiger partial charge in [-0.25, -0.2) is 0 Å². The van der Waals surface area contributed by atoms with E-state index >= 15 is 0 Å². The Kier molecular flexibility index (Phi) is 3.74. The lowest BCUT2D eigenvalue weighted by atomic mass is 9.97. The quantitative estimate of drug-likeness (QED) is 0.700. The van der Waals surface area contributed by atoms with Crippen molar-refractivity contribution in [1.82, 2.24) is 0 Å². The van der Waals surface area contributed by atoms with Crippen molar-refractivity contribution in [2.24, 2.45) is 0 Å². The second-order valence-electron chi connectivity index (χ2n) is 4.27. The van der Waals surface area contributed by atoms with Crippen LogP contribution in [0.5, 0.6) is 0 Å². The monoisotopic (exact) mass is 278 g/mol. The minimum atomic E-state index is 0.542. The van der Waals surface area contributed by atoms with Crippen LogP contribution in [0.15, 0.2) is 30.3 Å². The molecule has 0 N–H and O–H groups in total. The van der Waals surface area contributed by atoms with Crippen molar-refractivity contribution in [1.29, 1.82) is 0 Å². The van der Waals surface area contributed by atoms with Gasteiger partial charge in [0.05, 0.1) is 0 Å². The van der Waals surface area contributed by atoms with E-state index in [1.54, 1.807) is 12.1 Å². The summed E-state index contributed by atoms with van der Waals surface area (Å²) in [6, 6.07) is 9.14. The molecule has 0 atom stereocenters. The number of benzene rings is 2. The van der Waals surface area contributed by atoms with Crippen LogP contribution < -0.4 is 0 Å². The Hall–Kier alpha value is -1.31. The summed E-state index contributed by atoms with van der Waals surface area (Å²) in [5, 5.41) is 1.18. The zero-order valence-corrected chi connectivity index (χ0v) is 11.6. The highest BCUT2D eigenvalue weighted by Crippen LogP contribution is 2.33. The molecule has 0 unspecified atom stereocenters. The van der Waals surface area contributed by atoms with Crippen LogP contribution in [0, 0.1) is 13.8 Å². The molecule has 92 valence electrons. The summed E-state index contributed by atoms with van der Waals surface area (Å²) in [4.78, 5) is 11.1. The van der Waals surface area contributed by atoms with Crippen LogP contribution in [0.3, 0.4) is 0 Å². The third-order valence-corrected chi connectivity index (χ3v) is 3.56. The van der Waals surface area contributed by atoms with Crippen LogP contribution in [0.2, 0.25) is 10.0 Å². The highest BCUT2D eigenvalue weighted by Gasteiger charge is 2.10. The molecule has 0 aliphatic carbocycles. The van der Waals surface area contributed by atoms with Crippen molar-refractivity contribution < 1.29 is 4.79 Å². The average molecular weight is 279 g/mol. The SMILES string of the molecule is Cc1cc(Cl)c(-c2ccc(Cl)cc2C=O)cc1C. The van der Waals surface area contributed by atoms with Gasteiger partial charge in [-0.3, -0.25) is 4.79 Å². The van der Waals surface area contributed by atoms with E-state index < -0.39 is 0 Å². The molecular formula is C15H12Cl2O. The summed E-state index contributed by atoms with van der Waals surface area (Å²) >= 11 is 12.1. The summed E-state index contributed by atoms with van der Waals surface area (Å²) < 4.78 is 0. The predicted octanol–water partition coefficient (Wildman–Crippen LogP) is 5.09. The number of carbonyl (C=O) groups excluding carboxylic acids is 1. The molecule has 0 bridgehead atoms. The minimum absolute atomic E-state index is 0.542. The molecule has 0 fully saturated rings. The molecule has 0 aromatic heterocycles. The van der Waals surface area contributed by atoms with Crippen molar-refractivity contribution in [3.8, 4) is 11.1 Å². The molecule has 0 aliphatic rings. The van der Waals surface area contributed by atoms with Crippen LogP contribution in [0.1, 0.15) is 21.5 Å². The number of aryl methyl sites for hydroxylation is 2. The van der Waals surface area contributed by atoms with Crippen LogP contribution in [0.4, 0.5) is 0 Å². The summed E-state index contributed by atoms with van der Waals surface area (Å²) in [6.07, 6.45) is 0.798. The third kappa shape index (κ3) is 2.43. The van der Waals surface area contributed by atoms with E-state index in [2.05, 4.69) is 0 Å². The number of hydrogen-bond acceptors (Lipinski definition) is 1. The molecule has 0 heterocycles. The standard InChI is InChI=1S/C15H12Cl2O/c1-9-5-14(15(17)6-10(9)2)13-4-3-12(16)7-11(13)8-18/h3-8H,1-2H3. The maximum absolute atomic E-state index is 11.1. The summed E-state index contributed by atoms with van der Waals surface area (Å²) in [5.41, 5.74) is 4.49. The lowest BCUT2D eigenvalue weighted by molar-refractivity contribution is 0.112. The number of carbonyl (C=O) groups is 1. The van der Waals surface area contributed by atoms with E-state index in [1.165, 1.54) is 0 Å². The Balaban J connectivity index is 2.69. The lowest BCUT2D eigenvalue weighted by Gasteiger charge is -2.11. The van der Waals surface area contributed by atoms with E-state index in [-0.39, 0.29) is 0 Å². The molecule has 2 rings (SSSR count). The first-order valence-corrected chi connectivity index (χ1v) is 6.30. The van der Waals surface area contributed by atoms with Crippen LogP contribution in [-0.2, 0) is 0 Å². The molecular weight excluding hydrogens is 267 g/mol. The molecule has 1 nitrogen and oxygen atoms in total. The van der Waals surface area contributed by atoms with Gasteiger partial charge in [0.1, 0.15) is 0 Å². The second kappa shape index (κ2) is 5.13. The van der Waals surface area contributed by atoms with E-state index in [0.717, 1.165) is 28.5 Å². The first-order chi connectivity index (χ1) is 8.52.